The number of nitrogens with zero attached hydrogens (tertiary/aromatic N) is 1. The molecule has 1 saturated carbocycles. The average Bonchev–Trinajstić information content (AvgIpc) is 3.13. The van der Waals surface area contributed by atoms with Gasteiger partial charge in [-0.2, -0.15) is 0 Å². The Morgan fingerprint density at radius 1 is 1.10 bits per heavy atom. The van der Waals surface area contributed by atoms with Crippen LogP contribution in [-0.2, 0) is 17.9 Å². The first kappa shape index (κ1) is 20.3. The van der Waals surface area contributed by atoms with Crippen LogP contribution < -0.4 is 4.74 Å². The summed E-state index contributed by atoms with van der Waals surface area (Å²) in [6.07, 6.45) is 2.79. The Labute approximate surface area is 177 Å². The minimum absolute atomic E-state index is 0.0328. The van der Waals surface area contributed by atoms with Crippen molar-refractivity contribution in [1.29, 1.82) is 0 Å². The van der Waals surface area contributed by atoms with Crippen LogP contribution in [0.5, 0.6) is 5.75 Å². The fraction of sp³-hybridized carbons (Fsp3) is 0.400. The lowest BCUT2D eigenvalue weighted by Crippen LogP contribution is -2.33. The zero-order valence-electron chi connectivity index (χ0n) is 17.8. The zero-order valence-corrected chi connectivity index (χ0v) is 17.8. The molecule has 2 aromatic heterocycles. The molecule has 0 N–H and O–H groups in total. The standard InChI is InChI=1S/C25H29NO4/c1-17(2)19-6-8-20(9-7-19)29-16-25(27)26(14-21-5-4-12-28-21)15-22-10-11-24(30-22)23-13-18(23)3/h4-12,17-18,23H,13-16H2,1-3H3. The largest absolute Gasteiger partial charge is 0.484 e. The molecular formula is C25H29NO4. The molecule has 1 aliphatic rings. The number of hydrogen-bond acceptors (Lipinski definition) is 4. The van der Waals surface area contributed by atoms with Crippen LogP contribution >= 0.6 is 0 Å². The molecule has 0 saturated heterocycles. The number of carbonyl (C=O) groups excluding carboxylic acids is 1. The van der Waals surface area contributed by atoms with E-state index in [2.05, 4.69) is 20.8 Å². The van der Waals surface area contributed by atoms with Crippen molar-refractivity contribution in [2.45, 2.75) is 52.1 Å². The van der Waals surface area contributed by atoms with Crippen LogP contribution in [0.2, 0.25) is 0 Å². The van der Waals surface area contributed by atoms with E-state index >= 15 is 0 Å². The minimum atomic E-state index is -0.114. The molecule has 5 heteroatoms. The third-order valence-electron chi connectivity index (χ3n) is 5.69. The molecule has 30 heavy (non-hydrogen) atoms. The predicted molar refractivity (Wildman–Crippen MR) is 114 cm³/mol. The van der Waals surface area contributed by atoms with Gasteiger partial charge in [-0.1, -0.05) is 32.9 Å². The summed E-state index contributed by atoms with van der Waals surface area (Å²) in [7, 11) is 0. The van der Waals surface area contributed by atoms with E-state index in [0.29, 0.717) is 36.6 Å². The van der Waals surface area contributed by atoms with E-state index in [1.807, 2.05) is 48.5 Å². The van der Waals surface area contributed by atoms with Crippen LogP contribution in [0.4, 0.5) is 0 Å². The molecule has 0 radical (unpaired) electrons. The van der Waals surface area contributed by atoms with Crippen LogP contribution in [0.3, 0.4) is 0 Å². The molecule has 1 aliphatic carbocycles. The molecule has 0 spiro atoms. The van der Waals surface area contributed by atoms with E-state index in [4.69, 9.17) is 13.6 Å². The van der Waals surface area contributed by atoms with E-state index in [1.165, 1.54) is 12.0 Å². The van der Waals surface area contributed by atoms with Crippen LogP contribution in [0.1, 0.15) is 61.9 Å². The number of ether oxygens (including phenoxy) is 1. The van der Waals surface area contributed by atoms with Crippen molar-refractivity contribution in [2.75, 3.05) is 6.61 Å². The number of benzene rings is 1. The van der Waals surface area contributed by atoms with Gasteiger partial charge in [-0.3, -0.25) is 4.79 Å². The predicted octanol–water partition coefficient (Wildman–Crippen LogP) is 5.73. The first-order valence-corrected chi connectivity index (χ1v) is 10.6. The van der Waals surface area contributed by atoms with Gasteiger partial charge in [0.2, 0.25) is 0 Å². The summed E-state index contributed by atoms with van der Waals surface area (Å²) >= 11 is 0. The highest BCUT2D eigenvalue weighted by atomic mass is 16.5. The van der Waals surface area contributed by atoms with Crippen molar-refractivity contribution in [1.82, 2.24) is 4.90 Å². The quantitative estimate of drug-likeness (QED) is 0.455. The van der Waals surface area contributed by atoms with Crippen molar-refractivity contribution in [3.63, 3.8) is 0 Å². The fourth-order valence-electron chi connectivity index (χ4n) is 3.59. The molecule has 1 amide bonds. The summed E-state index contributed by atoms with van der Waals surface area (Å²) in [6, 6.07) is 15.6. The Bertz CT molecular complexity index is 955. The third-order valence-corrected chi connectivity index (χ3v) is 5.69. The van der Waals surface area contributed by atoms with Crippen molar-refractivity contribution in [3.05, 3.63) is 77.6 Å². The topological polar surface area (TPSA) is 55.8 Å². The lowest BCUT2D eigenvalue weighted by Gasteiger charge is -2.21. The molecule has 2 unspecified atom stereocenters. The van der Waals surface area contributed by atoms with E-state index in [0.717, 1.165) is 17.3 Å². The number of amides is 1. The van der Waals surface area contributed by atoms with E-state index in [9.17, 15) is 4.79 Å². The lowest BCUT2D eigenvalue weighted by atomic mass is 10.0. The summed E-state index contributed by atoms with van der Waals surface area (Å²) in [6.45, 7) is 7.25. The first-order valence-electron chi connectivity index (χ1n) is 10.6. The van der Waals surface area contributed by atoms with E-state index < -0.39 is 0 Å². The molecule has 3 aromatic rings. The van der Waals surface area contributed by atoms with E-state index in [-0.39, 0.29) is 12.5 Å². The second-order valence-corrected chi connectivity index (χ2v) is 8.47. The van der Waals surface area contributed by atoms with Crippen molar-refractivity contribution < 1.29 is 18.4 Å². The lowest BCUT2D eigenvalue weighted by molar-refractivity contribution is -0.135. The molecule has 2 atom stereocenters. The monoisotopic (exact) mass is 407 g/mol. The van der Waals surface area contributed by atoms with Gasteiger partial charge in [-0.05, 0) is 60.2 Å². The summed E-state index contributed by atoms with van der Waals surface area (Å²) in [4.78, 5) is 14.7. The Morgan fingerprint density at radius 2 is 1.83 bits per heavy atom. The normalized spacial score (nSPS) is 17.9. The maximum absolute atomic E-state index is 12.9. The van der Waals surface area contributed by atoms with Crippen LogP contribution in [0, 0.1) is 5.92 Å². The first-order chi connectivity index (χ1) is 14.5. The van der Waals surface area contributed by atoms with Crippen LogP contribution in [0.25, 0.3) is 0 Å². The number of furan rings is 2. The SMILES string of the molecule is CC(C)c1ccc(OCC(=O)N(Cc2ccco2)Cc2ccc(C3CC3C)o2)cc1. The Balaban J connectivity index is 1.40. The third kappa shape index (κ3) is 4.96. The highest BCUT2D eigenvalue weighted by Gasteiger charge is 2.36. The van der Waals surface area contributed by atoms with Gasteiger partial charge < -0.3 is 18.5 Å². The van der Waals surface area contributed by atoms with Gasteiger partial charge in [0.15, 0.2) is 6.61 Å². The smallest absolute Gasteiger partial charge is 0.261 e. The maximum atomic E-state index is 12.9. The van der Waals surface area contributed by atoms with Gasteiger partial charge in [-0.15, -0.1) is 0 Å². The van der Waals surface area contributed by atoms with Gasteiger partial charge in [0, 0.05) is 5.92 Å². The minimum Gasteiger partial charge on any atom is -0.484 e. The highest BCUT2D eigenvalue weighted by molar-refractivity contribution is 5.77. The molecule has 158 valence electrons. The zero-order chi connectivity index (χ0) is 21.1. The molecule has 1 aromatic carbocycles. The molecule has 1 fully saturated rings. The second kappa shape index (κ2) is 8.82. The van der Waals surface area contributed by atoms with Crippen LogP contribution in [-0.4, -0.2) is 17.4 Å². The van der Waals surface area contributed by atoms with Gasteiger partial charge in [0.1, 0.15) is 23.0 Å². The molecule has 0 bridgehead atoms. The van der Waals surface area contributed by atoms with Crippen molar-refractivity contribution in [2.24, 2.45) is 5.92 Å². The molecule has 0 aliphatic heterocycles. The average molecular weight is 408 g/mol. The van der Waals surface area contributed by atoms with Crippen LogP contribution in [0.15, 0.2) is 63.6 Å². The molecule has 4 rings (SSSR count). The summed E-state index contributed by atoms with van der Waals surface area (Å²) in [5.41, 5.74) is 1.24. The van der Waals surface area contributed by atoms with Crippen molar-refractivity contribution >= 4 is 5.91 Å². The summed E-state index contributed by atoms with van der Waals surface area (Å²) < 4.78 is 17.2. The Hall–Kier alpha value is -2.95. The van der Waals surface area contributed by atoms with Gasteiger partial charge in [-0.25, -0.2) is 0 Å². The van der Waals surface area contributed by atoms with E-state index in [1.54, 1.807) is 11.2 Å². The van der Waals surface area contributed by atoms with Crippen molar-refractivity contribution in [3.8, 4) is 5.75 Å². The summed E-state index contributed by atoms with van der Waals surface area (Å²) in [5, 5.41) is 0. The molecular weight excluding hydrogens is 378 g/mol. The fourth-order valence-corrected chi connectivity index (χ4v) is 3.59. The Morgan fingerprint density at radius 3 is 2.47 bits per heavy atom. The summed E-state index contributed by atoms with van der Waals surface area (Å²) in [5.74, 6) is 4.76. The molecule has 5 nitrogen and oxygen atoms in total. The number of hydrogen-bond donors (Lipinski definition) is 0. The molecule has 2 heterocycles. The number of carbonyl (C=O) groups is 1. The van der Waals surface area contributed by atoms with Gasteiger partial charge in [0.05, 0.1) is 19.4 Å². The maximum Gasteiger partial charge on any atom is 0.261 e. The highest BCUT2D eigenvalue weighted by Crippen LogP contribution is 2.47. The number of rotatable bonds is 9. The Kier molecular flexibility index (Phi) is 5.98. The van der Waals surface area contributed by atoms with Gasteiger partial charge in [0.25, 0.3) is 5.91 Å². The van der Waals surface area contributed by atoms with Gasteiger partial charge >= 0.3 is 0 Å². The second-order valence-electron chi connectivity index (χ2n) is 8.47.